The standard InChI is InChI=1S/C10H20N2O3Si/c1-4-15-16(13-2,14-3)9-5-7-12-8-6-11-10-12/h6,8,10H,4-5,7,9H2,1-3H3. The molecule has 5 nitrogen and oxygen atoms in total. The van der Waals surface area contributed by atoms with Gasteiger partial charge in [-0.2, -0.15) is 0 Å². The second kappa shape index (κ2) is 6.80. The van der Waals surface area contributed by atoms with E-state index in [4.69, 9.17) is 13.3 Å². The lowest BCUT2D eigenvalue weighted by atomic mass is 10.5. The van der Waals surface area contributed by atoms with Gasteiger partial charge in [0.25, 0.3) is 0 Å². The van der Waals surface area contributed by atoms with Crippen molar-refractivity contribution in [2.45, 2.75) is 25.9 Å². The zero-order valence-electron chi connectivity index (χ0n) is 10.2. The summed E-state index contributed by atoms with van der Waals surface area (Å²) >= 11 is 0. The van der Waals surface area contributed by atoms with Crippen molar-refractivity contribution in [1.82, 2.24) is 9.55 Å². The smallest absolute Gasteiger partial charge is 0.377 e. The minimum absolute atomic E-state index is 0.624. The van der Waals surface area contributed by atoms with Crippen LogP contribution in [0.2, 0.25) is 6.04 Å². The van der Waals surface area contributed by atoms with Crippen molar-refractivity contribution in [1.29, 1.82) is 0 Å². The molecule has 0 aliphatic rings. The summed E-state index contributed by atoms with van der Waals surface area (Å²) in [7, 11) is 0.900. The highest BCUT2D eigenvalue weighted by Gasteiger charge is 2.37. The van der Waals surface area contributed by atoms with Crippen LogP contribution in [0, 0.1) is 0 Å². The molecule has 0 amide bonds. The maximum absolute atomic E-state index is 5.62. The molecule has 0 saturated heterocycles. The van der Waals surface area contributed by atoms with E-state index in [1.165, 1.54) is 0 Å². The molecule has 0 spiro atoms. The van der Waals surface area contributed by atoms with Gasteiger partial charge in [-0.1, -0.05) is 0 Å². The molecule has 0 saturated carbocycles. The highest BCUT2D eigenvalue weighted by Crippen LogP contribution is 2.16. The molecule has 0 atom stereocenters. The number of nitrogens with zero attached hydrogens (tertiary/aromatic N) is 2. The van der Waals surface area contributed by atoms with Gasteiger partial charge in [0, 0.05) is 45.8 Å². The van der Waals surface area contributed by atoms with E-state index >= 15 is 0 Å². The largest absolute Gasteiger partial charge is 0.500 e. The van der Waals surface area contributed by atoms with Crippen LogP contribution in [0.5, 0.6) is 0 Å². The van der Waals surface area contributed by atoms with Crippen molar-refractivity contribution in [3.05, 3.63) is 18.7 Å². The monoisotopic (exact) mass is 244 g/mol. The molecule has 0 radical (unpaired) electrons. The fourth-order valence-corrected chi connectivity index (χ4v) is 3.58. The molecule has 0 fully saturated rings. The molecule has 1 aromatic rings. The van der Waals surface area contributed by atoms with Crippen LogP contribution in [-0.2, 0) is 19.8 Å². The summed E-state index contributed by atoms with van der Waals surface area (Å²) in [4.78, 5) is 3.99. The molecule has 6 heteroatoms. The van der Waals surface area contributed by atoms with Gasteiger partial charge in [0.05, 0.1) is 6.33 Å². The first-order chi connectivity index (χ1) is 7.76. The van der Waals surface area contributed by atoms with Crippen LogP contribution < -0.4 is 0 Å². The Kier molecular flexibility index (Phi) is 5.68. The first-order valence-corrected chi connectivity index (χ1v) is 7.39. The number of aryl methyl sites for hydroxylation is 1. The third kappa shape index (κ3) is 3.71. The number of aromatic nitrogens is 2. The topological polar surface area (TPSA) is 45.5 Å². The third-order valence-electron chi connectivity index (χ3n) is 2.44. The molecule has 0 bridgehead atoms. The Morgan fingerprint density at radius 2 is 2.06 bits per heavy atom. The molecule has 1 heterocycles. The van der Waals surface area contributed by atoms with Crippen LogP contribution in [0.3, 0.4) is 0 Å². The predicted molar refractivity (Wildman–Crippen MR) is 63.0 cm³/mol. The predicted octanol–water partition coefficient (Wildman–Crippen LogP) is 1.54. The van der Waals surface area contributed by atoms with Crippen molar-refractivity contribution >= 4 is 8.80 Å². The fourth-order valence-electron chi connectivity index (χ4n) is 1.59. The molecule has 0 aromatic carbocycles. The maximum atomic E-state index is 5.62. The maximum Gasteiger partial charge on any atom is 0.500 e. The summed E-state index contributed by atoms with van der Waals surface area (Å²) in [6, 6.07) is 0.825. The van der Waals surface area contributed by atoms with Gasteiger partial charge in [0.1, 0.15) is 0 Å². The van der Waals surface area contributed by atoms with Crippen molar-refractivity contribution in [3.8, 4) is 0 Å². The van der Waals surface area contributed by atoms with E-state index in [1.54, 1.807) is 20.4 Å². The average molecular weight is 244 g/mol. The van der Waals surface area contributed by atoms with E-state index in [0.29, 0.717) is 6.61 Å². The average Bonchev–Trinajstić information content (AvgIpc) is 2.81. The van der Waals surface area contributed by atoms with Crippen LogP contribution in [0.25, 0.3) is 0 Å². The molecular formula is C10H20N2O3Si. The molecule has 1 aromatic heterocycles. The van der Waals surface area contributed by atoms with Crippen LogP contribution in [0.1, 0.15) is 13.3 Å². The SMILES string of the molecule is CCO[Si](CCCn1ccnc1)(OC)OC. The second-order valence-electron chi connectivity index (χ2n) is 3.43. The Morgan fingerprint density at radius 3 is 2.56 bits per heavy atom. The Balaban J connectivity index is 2.37. The molecule has 0 N–H and O–H groups in total. The van der Waals surface area contributed by atoms with Gasteiger partial charge < -0.3 is 17.8 Å². The van der Waals surface area contributed by atoms with Gasteiger partial charge in [-0.15, -0.1) is 0 Å². The zero-order valence-corrected chi connectivity index (χ0v) is 11.2. The van der Waals surface area contributed by atoms with Gasteiger partial charge in [-0.25, -0.2) is 4.98 Å². The van der Waals surface area contributed by atoms with Crippen molar-refractivity contribution < 1.29 is 13.3 Å². The quantitative estimate of drug-likeness (QED) is 0.651. The van der Waals surface area contributed by atoms with Gasteiger partial charge >= 0.3 is 8.80 Å². The Labute approximate surface area is 97.7 Å². The fraction of sp³-hybridized carbons (Fsp3) is 0.700. The number of rotatable bonds is 8. The molecule has 1 rings (SSSR count). The molecule has 92 valence electrons. The molecular weight excluding hydrogens is 224 g/mol. The minimum Gasteiger partial charge on any atom is -0.377 e. The summed E-state index contributed by atoms with van der Waals surface area (Å²) in [5.41, 5.74) is 0. The van der Waals surface area contributed by atoms with Crippen LogP contribution in [0.15, 0.2) is 18.7 Å². The van der Waals surface area contributed by atoms with E-state index in [1.807, 2.05) is 24.0 Å². The van der Waals surface area contributed by atoms with E-state index in [2.05, 4.69) is 4.98 Å². The number of hydrogen-bond donors (Lipinski definition) is 0. The second-order valence-corrected chi connectivity index (χ2v) is 6.40. The van der Waals surface area contributed by atoms with Gasteiger partial charge in [-0.05, 0) is 13.3 Å². The molecule has 0 aliphatic heterocycles. The highest BCUT2D eigenvalue weighted by atomic mass is 28.4. The summed E-state index contributed by atoms with van der Waals surface area (Å²) in [6.07, 6.45) is 6.50. The van der Waals surface area contributed by atoms with Gasteiger partial charge in [0.15, 0.2) is 0 Å². The summed E-state index contributed by atoms with van der Waals surface area (Å²) < 4.78 is 18.5. The van der Waals surface area contributed by atoms with Crippen molar-refractivity contribution in [2.75, 3.05) is 20.8 Å². The lowest BCUT2D eigenvalue weighted by molar-refractivity contribution is 0.103. The van der Waals surface area contributed by atoms with E-state index < -0.39 is 8.80 Å². The van der Waals surface area contributed by atoms with Crippen molar-refractivity contribution in [2.24, 2.45) is 0 Å². The van der Waals surface area contributed by atoms with Gasteiger partial charge in [-0.3, -0.25) is 0 Å². The van der Waals surface area contributed by atoms with Crippen LogP contribution in [-0.4, -0.2) is 39.2 Å². The number of hydrogen-bond acceptors (Lipinski definition) is 4. The Morgan fingerprint density at radius 1 is 1.31 bits per heavy atom. The van der Waals surface area contributed by atoms with E-state index in [9.17, 15) is 0 Å². The molecule has 0 unspecified atom stereocenters. The number of imidazole rings is 1. The van der Waals surface area contributed by atoms with Crippen LogP contribution in [0.4, 0.5) is 0 Å². The highest BCUT2D eigenvalue weighted by molar-refractivity contribution is 6.60. The first-order valence-electron chi connectivity index (χ1n) is 5.46. The van der Waals surface area contributed by atoms with Gasteiger partial charge in [0.2, 0.25) is 0 Å². The minimum atomic E-state index is -2.41. The van der Waals surface area contributed by atoms with Crippen molar-refractivity contribution in [3.63, 3.8) is 0 Å². The lowest BCUT2D eigenvalue weighted by Crippen LogP contribution is -2.43. The lowest BCUT2D eigenvalue weighted by Gasteiger charge is -2.25. The molecule has 0 aliphatic carbocycles. The zero-order chi connectivity index (χ0) is 11.9. The summed E-state index contributed by atoms with van der Waals surface area (Å²) in [5.74, 6) is 0. The van der Waals surface area contributed by atoms with E-state index in [0.717, 1.165) is 19.0 Å². The first kappa shape index (κ1) is 13.4. The summed E-state index contributed by atoms with van der Waals surface area (Å²) in [5, 5.41) is 0. The van der Waals surface area contributed by atoms with Crippen LogP contribution >= 0.6 is 0 Å². The summed E-state index contributed by atoms with van der Waals surface area (Å²) in [6.45, 7) is 3.49. The Hall–Kier alpha value is -0.693. The van der Waals surface area contributed by atoms with E-state index in [-0.39, 0.29) is 0 Å². The molecule has 16 heavy (non-hydrogen) atoms. The normalized spacial score (nSPS) is 11.9. The third-order valence-corrected chi connectivity index (χ3v) is 5.38. The Bertz CT molecular complexity index is 276.